The minimum absolute atomic E-state index is 0.0144. The van der Waals surface area contributed by atoms with E-state index in [9.17, 15) is 4.79 Å². The number of carbonyl (C=O) groups is 1. The summed E-state index contributed by atoms with van der Waals surface area (Å²) in [6.45, 7) is 0. The summed E-state index contributed by atoms with van der Waals surface area (Å²) in [5, 5.41) is 5.39. The average molecular weight is 314 g/mol. The van der Waals surface area contributed by atoms with E-state index in [1.807, 2.05) is 17.5 Å². The van der Waals surface area contributed by atoms with Crippen LogP contribution in [0.25, 0.3) is 11.5 Å². The molecule has 2 N–H and O–H groups in total. The number of anilines is 1. The maximum atomic E-state index is 12.4. The van der Waals surface area contributed by atoms with E-state index < -0.39 is 0 Å². The Bertz CT molecular complexity index is 790. The molecule has 0 saturated carbocycles. The number of amides is 1. The summed E-state index contributed by atoms with van der Waals surface area (Å²) in [5.74, 6) is 0.682. The second-order valence-corrected chi connectivity index (χ2v) is 6.13. The SMILES string of the molecule is O=C(Nc1nc(-c2ccco2)cs1)C1CCc2nc[nH]c2C1. The van der Waals surface area contributed by atoms with Crippen LogP contribution in [0.1, 0.15) is 17.8 Å². The Morgan fingerprint density at radius 3 is 3.32 bits per heavy atom. The minimum atomic E-state index is -0.0380. The molecule has 112 valence electrons. The summed E-state index contributed by atoms with van der Waals surface area (Å²) in [6.07, 6.45) is 5.67. The molecule has 7 heteroatoms. The van der Waals surface area contributed by atoms with Gasteiger partial charge in [-0.1, -0.05) is 0 Å². The zero-order valence-corrected chi connectivity index (χ0v) is 12.5. The van der Waals surface area contributed by atoms with Gasteiger partial charge in [-0.2, -0.15) is 0 Å². The predicted octanol–water partition coefficient (Wildman–Crippen LogP) is 2.87. The maximum absolute atomic E-state index is 12.4. The first-order valence-electron chi connectivity index (χ1n) is 7.11. The number of hydrogen-bond donors (Lipinski definition) is 2. The second kappa shape index (κ2) is 5.42. The van der Waals surface area contributed by atoms with Crippen molar-refractivity contribution < 1.29 is 9.21 Å². The van der Waals surface area contributed by atoms with Crippen molar-refractivity contribution in [2.45, 2.75) is 19.3 Å². The zero-order chi connectivity index (χ0) is 14.9. The highest BCUT2D eigenvalue weighted by Crippen LogP contribution is 2.27. The van der Waals surface area contributed by atoms with Crippen molar-refractivity contribution >= 4 is 22.4 Å². The molecule has 1 aliphatic rings. The van der Waals surface area contributed by atoms with Crippen molar-refractivity contribution in [2.24, 2.45) is 5.92 Å². The lowest BCUT2D eigenvalue weighted by atomic mass is 9.89. The van der Waals surface area contributed by atoms with Crippen LogP contribution >= 0.6 is 11.3 Å². The molecule has 1 amide bonds. The lowest BCUT2D eigenvalue weighted by Gasteiger charge is -2.19. The van der Waals surface area contributed by atoms with E-state index in [0.717, 1.165) is 29.9 Å². The Balaban J connectivity index is 1.44. The number of aryl methyl sites for hydroxylation is 1. The van der Waals surface area contributed by atoms with Gasteiger partial charge in [0.25, 0.3) is 0 Å². The highest BCUT2D eigenvalue weighted by atomic mass is 32.1. The summed E-state index contributed by atoms with van der Waals surface area (Å²) in [5.41, 5.74) is 2.89. The number of imidazole rings is 1. The number of furan rings is 1. The Hall–Kier alpha value is -2.41. The van der Waals surface area contributed by atoms with Crippen molar-refractivity contribution in [1.29, 1.82) is 0 Å². The molecule has 0 spiro atoms. The maximum Gasteiger partial charge on any atom is 0.229 e. The summed E-state index contributed by atoms with van der Waals surface area (Å²) in [4.78, 5) is 24.2. The van der Waals surface area contributed by atoms with Gasteiger partial charge in [-0.05, 0) is 25.0 Å². The van der Waals surface area contributed by atoms with Gasteiger partial charge in [0, 0.05) is 23.4 Å². The van der Waals surface area contributed by atoms with Crippen LogP contribution in [-0.2, 0) is 17.6 Å². The lowest BCUT2D eigenvalue weighted by Crippen LogP contribution is -2.28. The van der Waals surface area contributed by atoms with E-state index >= 15 is 0 Å². The Morgan fingerprint density at radius 2 is 2.45 bits per heavy atom. The van der Waals surface area contributed by atoms with Gasteiger partial charge in [0.1, 0.15) is 5.69 Å². The Labute approximate surface area is 130 Å². The van der Waals surface area contributed by atoms with Crippen molar-refractivity contribution in [1.82, 2.24) is 15.0 Å². The molecule has 4 rings (SSSR count). The van der Waals surface area contributed by atoms with E-state index in [1.165, 1.54) is 11.3 Å². The topological polar surface area (TPSA) is 83.8 Å². The summed E-state index contributed by atoms with van der Waals surface area (Å²) < 4.78 is 5.30. The molecule has 0 radical (unpaired) electrons. The summed E-state index contributed by atoms with van der Waals surface area (Å²) >= 11 is 1.40. The number of thiazole rings is 1. The number of hydrogen-bond acceptors (Lipinski definition) is 5. The smallest absolute Gasteiger partial charge is 0.229 e. The largest absolute Gasteiger partial charge is 0.463 e. The molecule has 0 fully saturated rings. The van der Waals surface area contributed by atoms with Crippen LogP contribution in [0.5, 0.6) is 0 Å². The van der Waals surface area contributed by atoms with Gasteiger partial charge in [-0.25, -0.2) is 9.97 Å². The molecule has 0 aromatic carbocycles. The van der Waals surface area contributed by atoms with Gasteiger partial charge < -0.3 is 14.7 Å². The van der Waals surface area contributed by atoms with Crippen LogP contribution in [0.3, 0.4) is 0 Å². The van der Waals surface area contributed by atoms with Crippen molar-refractivity contribution in [3.63, 3.8) is 0 Å². The number of rotatable bonds is 3. The second-order valence-electron chi connectivity index (χ2n) is 5.27. The fourth-order valence-electron chi connectivity index (χ4n) is 2.70. The molecular weight excluding hydrogens is 300 g/mol. The Morgan fingerprint density at radius 1 is 1.50 bits per heavy atom. The van der Waals surface area contributed by atoms with Crippen molar-refractivity contribution in [3.8, 4) is 11.5 Å². The minimum Gasteiger partial charge on any atom is -0.463 e. The normalized spacial score (nSPS) is 17.2. The molecule has 0 saturated heterocycles. The molecule has 3 aromatic rings. The first kappa shape index (κ1) is 13.3. The quantitative estimate of drug-likeness (QED) is 0.778. The predicted molar refractivity (Wildman–Crippen MR) is 82.5 cm³/mol. The third kappa shape index (κ3) is 2.43. The monoisotopic (exact) mass is 314 g/mol. The fourth-order valence-corrected chi connectivity index (χ4v) is 3.40. The number of nitrogens with one attached hydrogen (secondary N) is 2. The number of nitrogens with zero attached hydrogens (tertiary/aromatic N) is 2. The fraction of sp³-hybridized carbons (Fsp3) is 0.267. The molecule has 1 unspecified atom stereocenters. The molecule has 1 atom stereocenters. The van der Waals surface area contributed by atoms with E-state index in [0.29, 0.717) is 17.3 Å². The number of fused-ring (bicyclic) bond motifs is 1. The van der Waals surface area contributed by atoms with Crippen LogP contribution in [0.15, 0.2) is 34.5 Å². The first-order chi connectivity index (χ1) is 10.8. The Kier molecular flexibility index (Phi) is 3.27. The third-order valence-corrected chi connectivity index (χ3v) is 4.62. The number of aromatic nitrogens is 3. The van der Waals surface area contributed by atoms with Crippen LogP contribution in [0, 0.1) is 5.92 Å². The highest BCUT2D eigenvalue weighted by molar-refractivity contribution is 7.14. The molecule has 22 heavy (non-hydrogen) atoms. The van der Waals surface area contributed by atoms with Crippen molar-refractivity contribution in [2.75, 3.05) is 5.32 Å². The van der Waals surface area contributed by atoms with E-state index in [2.05, 4.69) is 20.3 Å². The van der Waals surface area contributed by atoms with E-state index in [4.69, 9.17) is 4.42 Å². The molecular formula is C15H14N4O2S. The summed E-state index contributed by atoms with van der Waals surface area (Å²) in [6, 6.07) is 3.67. The van der Waals surface area contributed by atoms with Gasteiger partial charge in [-0.15, -0.1) is 11.3 Å². The molecule has 1 aliphatic carbocycles. The van der Waals surface area contributed by atoms with Crippen LogP contribution in [-0.4, -0.2) is 20.9 Å². The van der Waals surface area contributed by atoms with Crippen LogP contribution in [0.4, 0.5) is 5.13 Å². The molecule has 0 bridgehead atoms. The number of H-pyrrole nitrogens is 1. The van der Waals surface area contributed by atoms with Gasteiger partial charge in [-0.3, -0.25) is 4.79 Å². The third-order valence-electron chi connectivity index (χ3n) is 3.87. The summed E-state index contributed by atoms with van der Waals surface area (Å²) in [7, 11) is 0. The van der Waals surface area contributed by atoms with Gasteiger partial charge in [0.2, 0.25) is 5.91 Å². The first-order valence-corrected chi connectivity index (χ1v) is 7.99. The number of carbonyl (C=O) groups excluding carboxylic acids is 1. The van der Waals surface area contributed by atoms with E-state index in [-0.39, 0.29) is 11.8 Å². The molecule has 6 nitrogen and oxygen atoms in total. The van der Waals surface area contributed by atoms with Crippen LogP contribution < -0.4 is 5.32 Å². The standard InChI is InChI=1S/C15H14N4O2S/c20-14(9-3-4-10-11(6-9)17-8-16-10)19-15-18-12(7-22-15)13-2-1-5-21-13/h1-2,5,7-9H,3-4,6H2,(H,16,17)(H,18,19,20). The van der Waals surface area contributed by atoms with Gasteiger partial charge in [0.15, 0.2) is 10.9 Å². The van der Waals surface area contributed by atoms with Crippen LogP contribution in [0.2, 0.25) is 0 Å². The van der Waals surface area contributed by atoms with E-state index in [1.54, 1.807) is 12.6 Å². The van der Waals surface area contributed by atoms with Gasteiger partial charge >= 0.3 is 0 Å². The lowest BCUT2D eigenvalue weighted by molar-refractivity contribution is -0.120. The molecule has 0 aliphatic heterocycles. The average Bonchev–Trinajstić information content (AvgIpc) is 3.27. The zero-order valence-electron chi connectivity index (χ0n) is 11.7. The van der Waals surface area contributed by atoms with Crippen molar-refractivity contribution in [3.05, 3.63) is 41.5 Å². The van der Waals surface area contributed by atoms with Gasteiger partial charge in [0.05, 0.1) is 18.3 Å². The molecule has 3 aromatic heterocycles. The highest BCUT2D eigenvalue weighted by Gasteiger charge is 2.26. The number of aromatic amines is 1. The molecule has 3 heterocycles.